The summed E-state index contributed by atoms with van der Waals surface area (Å²) >= 11 is 0. The van der Waals surface area contributed by atoms with Crippen LogP contribution in [0.1, 0.15) is 80.4 Å². The lowest BCUT2D eigenvalue weighted by Crippen LogP contribution is -2.63. The van der Waals surface area contributed by atoms with Crippen molar-refractivity contribution < 1.29 is 71.2 Å². The lowest BCUT2D eigenvalue weighted by Gasteiger charge is -2.51. The molecule has 2 aromatic carbocycles. The van der Waals surface area contributed by atoms with Gasteiger partial charge in [-0.1, -0.05) is 106 Å². The Kier molecular flexibility index (Phi) is 19.8. The van der Waals surface area contributed by atoms with Crippen LogP contribution in [0.3, 0.4) is 0 Å². The van der Waals surface area contributed by atoms with Gasteiger partial charge in [0.05, 0.1) is 55.9 Å². The molecule has 0 amide bonds. The van der Waals surface area contributed by atoms with Gasteiger partial charge in [0.1, 0.15) is 37.6 Å². The van der Waals surface area contributed by atoms with Crippen molar-refractivity contribution in [3.8, 4) is 0 Å². The third kappa shape index (κ3) is 13.7. The summed E-state index contributed by atoms with van der Waals surface area (Å²) in [4.78, 5) is 42.6. The molecule has 4 fully saturated rings. The monoisotopic (exact) mass is 980 g/mol. The molecule has 384 valence electrons. The van der Waals surface area contributed by atoms with Crippen molar-refractivity contribution in [2.24, 2.45) is 39.8 Å². The van der Waals surface area contributed by atoms with Gasteiger partial charge in [-0.05, 0) is 47.9 Å². The van der Waals surface area contributed by atoms with Crippen LogP contribution in [0, 0.1) is 29.6 Å². The highest BCUT2D eigenvalue weighted by Gasteiger charge is 2.54. The molecule has 9 unspecified atom stereocenters. The van der Waals surface area contributed by atoms with Gasteiger partial charge in [-0.25, -0.2) is 0 Å². The van der Waals surface area contributed by atoms with Crippen molar-refractivity contribution in [3.63, 3.8) is 0 Å². The summed E-state index contributed by atoms with van der Waals surface area (Å²) in [5.74, 6) is -3.83. The van der Waals surface area contributed by atoms with E-state index in [9.17, 15) is 25.4 Å². The van der Waals surface area contributed by atoms with Crippen LogP contribution in [-0.4, -0.2) is 123 Å². The first-order chi connectivity index (χ1) is 33.5. The fraction of sp³-hybridized carbons (Fsp3) is 0.694. The molecule has 21 heteroatoms. The average Bonchev–Trinajstić information content (AvgIpc) is 3.32. The Balaban J connectivity index is 1.26. The third-order valence-electron chi connectivity index (χ3n) is 13.7. The quantitative estimate of drug-likeness (QED) is 0.0434. The highest BCUT2D eigenvalue weighted by Crippen LogP contribution is 2.42. The number of azide groups is 2. The first kappa shape index (κ1) is 54.4. The number of benzene rings is 2. The summed E-state index contributed by atoms with van der Waals surface area (Å²) in [6.45, 7) is 17.1. The molecule has 0 saturated carbocycles. The predicted octanol–water partition coefficient (Wildman–Crippen LogP) is 7.48. The second-order valence-corrected chi connectivity index (χ2v) is 18.7. The predicted molar refractivity (Wildman–Crippen MR) is 247 cm³/mol. The van der Waals surface area contributed by atoms with Gasteiger partial charge in [0, 0.05) is 48.3 Å². The molecular formula is C49H68N6O15. The van der Waals surface area contributed by atoms with E-state index < -0.39 is 116 Å². The normalized spacial score (nSPS) is 37.5. The Hall–Kier alpha value is -4.89. The van der Waals surface area contributed by atoms with Crippen molar-refractivity contribution in [2.45, 2.75) is 175 Å². The first-order valence-electron chi connectivity index (χ1n) is 23.9. The molecule has 0 bridgehead atoms. The number of hydrogen-bond acceptors (Lipinski definition) is 17. The summed E-state index contributed by atoms with van der Waals surface area (Å²) in [6.07, 6.45) is -10.8. The van der Waals surface area contributed by atoms with Gasteiger partial charge in [-0.15, -0.1) is 0 Å². The van der Waals surface area contributed by atoms with Gasteiger partial charge in [-0.3, -0.25) is 14.4 Å². The number of hydrogen-bond donors (Lipinski definition) is 0. The number of esters is 3. The molecule has 4 aliphatic heterocycles. The lowest BCUT2D eigenvalue weighted by molar-refractivity contribution is -0.360. The Morgan fingerprint density at radius 2 is 0.929 bits per heavy atom. The Labute approximate surface area is 408 Å². The standard InChI is InChI=1S/C49H68N6O15/c1-25-30(6)63-46(28(4)41(25)61-21-35-17-13-11-14-18-35)68-43-27(3)40(53-55-51)49(67-38(43)24-60-33(9)57)70-45-31(7)64-47(29(5)44(45)62-22-36-19-15-12-16-20-36)69-42-26(2)39(52-54-50)48(65-34(10)58)66-37(42)23-59-32(8)56/h11-20,25-31,37-49H,21-24H2,1-10H3/t25-,26+,27+,28?,29?,30?,31?,37?,38?,39?,40?,41+,42+,43+,44-,45-,46-,47-,48?,49-/m0/s1. The maximum absolute atomic E-state index is 12.3. The Bertz CT molecular complexity index is 2120. The van der Waals surface area contributed by atoms with E-state index in [0.717, 1.165) is 11.1 Å². The van der Waals surface area contributed by atoms with Crippen LogP contribution in [0.15, 0.2) is 70.9 Å². The number of carbonyl (C=O) groups excluding carboxylic acids is 3. The summed E-state index contributed by atoms with van der Waals surface area (Å²) in [5, 5.41) is 8.11. The molecule has 70 heavy (non-hydrogen) atoms. The number of rotatable bonds is 19. The van der Waals surface area contributed by atoms with Crippen LogP contribution in [0.4, 0.5) is 0 Å². The molecule has 20 atom stereocenters. The fourth-order valence-electron chi connectivity index (χ4n) is 9.67. The van der Waals surface area contributed by atoms with Crippen molar-refractivity contribution >= 4 is 17.9 Å². The van der Waals surface area contributed by atoms with Crippen molar-refractivity contribution in [1.82, 2.24) is 0 Å². The summed E-state index contributed by atoms with van der Waals surface area (Å²) in [7, 11) is 0. The van der Waals surface area contributed by atoms with Crippen LogP contribution in [-0.2, 0) is 84.4 Å². The van der Waals surface area contributed by atoms with Crippen molar-refractivity contribution in [1.29, 1.82) is 0 Å². The topological polar surface area (TPSA) is 259 Å². The van der Waals surface area contributed by atoms with E-state index in [0.29, 0.717) is 6.61 Å². The summed E-state index contributed by atoms with van der Waals surface area (Å²) < 4.78 is 75.9. The second kappa shape index (κ2) is 25.5. The van der Waals surface area contributed by atoms with Gasteiger partial charge >= 0.3 is 17.9 Å². The average molecular weight is 981 g/mol. The zero-order valence-electron chi connectivity index (χ0n) is 41.5. The summed E-state index contributed by atoms with van der Waals surface area (Å²) in [5.41, 5.74) is 21.4. The molecule has 4 aliphatic rings. The van der Waals surface area contributed by atoms with E-state index in [1.54, 1.807) is 13.8 Å². The molecule has 4 heterocycles. The van der Waals surface area contributed by atoms with E-state index in [1.807, 2.05) is 88.4 Å². The zero-order valence-corrected chi connectivity index (χ0v) is 41.5. The molecule has 0 aliphatic carbocycles. The van der Waals surface area contributed by atoms with Crippen LogP contribution < -0.4 is 0 Å². The minimum Gasteiger partial charge on any atom is -0.463 e. The first-order valence-corrected chi connectivity index (χ1v) is 23.9. The van der Waals surface area contributed by atoms with E-state index in [-0.39, 0.29) is 43.9 Å². The SMILES string of the molecule is CC(=O)OCC1OC(OC(C)=O)C(N=[N+]=[N-])[C@@H](C)[C@H]1O[C@@H]1OC(C)[C@H](O[C@@H]2OC(COC(C)=O)[C@H](O[C@@H]3OC(C)[C@H](C)[C@@H](OCc4ccccc4)C3C)[C@H](C)C2N=[N+]=[N-])[C@@H](OCc2ccccc2)C1C. The molecule has 6 rings (SSSR count). The van der Waals surface area contributed by atoms with Gasteiger partial charge in [0.15, 0.2) is 18.9 Å². The van der Waals surface area contributed by atoms with Crippen LogP contribution in [0.5, 0.6) is 0 Å². The van der Waals surface area contributed by atoms with Crippen LogP contribution in [0.2, 0.25) is 0 Å². The Morgan fingerprint density at radius 3 is 1.40 bits per heavy atom. The molecule has 0 N–H and O–H groups in total. The smallest absolute Gasteiger partial charge is 0.304 e. The molecular weight excluding hydrogens is 913 g/mol. The van der Waals surface area contributed by atoms with E-state index in [2.05, 4.69) is 27.0 Å². The molecule has 0 radical (unpaired) electrons. The lowest BCUT2D eigenvalue weighted by atomic mass is 9.85. The minimum absolute atomic E-state index is 0.0317. The van der Waals surface area contributed by atoms with Crippen molar-refractivity contribution in [2.75, 3.05) is 13.2 Å². The maximum atomic E-state index is 12.3. The second-order valence-electron chi connectivity index (χ2n) is 18.7. The van der Waals surface area contributed by atoms with Gasteiger partial charge < -0.3 is 56.8 Å². The third-order valence-corrected chi connectivity index (χ3v) is 13.7. The van der Waals surface area contributed by atoms with Crippen molar-refractivity contribution in [3.05, 3.63) is 92.7 Å². The fourth-order valence-corrected chi connectivity index (χ4v) is 9.67. The number of ether oxygens (including phenoxy) is 12. The number of nitrogens with zero attached hydrogens (tertiary/aromatic N) is 6. The molecule has 2 aromatic rings. The van der Waals surface area contributed by atoms with E-state index in [4.69, 9.17) is 56.8 Å². The highest BCUT2D eigenvalue weighted by atomic mass is 16.8. The maximum Gasteiger partial charge on any atom is 0.304 e. The molecule has 0 spiro atoms. The van der Waals surface area contributed by atoms with Gasteiger partial charge in [0.2, 0.25) is 6.29 Å². The molecule has 0 aromatic heterocycles. The number of carbonyl (C=O) groups is 3. The minimum atomic E-state index is -1.29. The molecule has 21 nitrogen and oxygen atoms in total. The largest absolute Gasteiger partial charge is 0.463 e. The zero-order chi connectivity index (χ0) is 50.6. The highest BCUT2D eigenvalue weighted by molar-refractivity contribution is 5.66. The van der Waals surface area contributed by atoms with Gasteiger partial charge in [0.25, 0.3) is 0 Å². The van der Waals surface area contributed by atoms with Crippen LogP contribution >= 0.6 is 0 Å². The van der Waals surface area contributed by atoms with Crippen LogP contribution in [0.25, 0.3) is 20.9 Å². The Morgan fingerprint density at radius 1 is 0.500 bits per heavy atom. The molecule has 4 saturated heterocycles. The van der Waals surface area contributed by atoms with E-state index >= 15 is 0 Å². The van der Waals surface area contributed by atoms with Gasteiger partial charge in [-0.2, -0.15) is 0 Å². The van der Waals surface area contributed by atoms with E-state index in [1.165, 1.54) is 20.8 Å². The summed E-state index contributed by atoms with van der Waals surface area (Å²) in [6, 6.07) is 17.5.